The van der Waals surface area contributed by atoms with Crippen molar-refractivity contribution in [3.05, 3.63) is 74.9 Å². The lowest BCUT2D eigenvalue weighted by molar-refractivity contribution is 0.241. The summed E-state index contributed by atoms with van der Waals surface area (Å²) in [6.07, 6.45) is 4.24. The molecule has 0 fully saturated rings. The Kier molecular flexibility index (Phi) is 4.92. The summed E-state index contributed by atoms with van der Waals surface area (Å²) in [5, 5.41) is 0.654. The number of H-pyrrole nitrogens is 1. The lowest BCUT2D eigenvalue weighted by atomic mass is 10.1. The van der Waals surface area contributed by atoms with Crippen molar-refractivity contribution in [2.45, 2.75) is 19.5 Å². The maximum Gasteiger partial charge on any atom is 0.255 e. The van der Waals surface area contributed by atoms with Crippen LogP contribution in [0.1, 0.15) is 16.8 Å². The molecule has 1 aromatic carbocycles. The third-order valence-corrected chi connectivity index (χ3v) is 4.93. The Bertz CT molecular complexity index is 1020. The molecule has 4 rings (SSSR count). The van der Waals surface area contributed by atoms with Gasteiger partial charge < -0.3 is 9.72 Å². The van der Waals surface area contributed by atoms with Crippen LogP contribution in [0, 0.1) is 0 Å². The summed E-state index contributed by atoms with van der Waals surface area (Å²) in [5.74, 6) is 1.32. The Morgan fingerprint density at radius 3 is 2.85 bits per heavy atom. The van der Waals surface area contributed by atoms with Crippen molar-refractivity contribution in [2.75, 3.05) is 13.7 Å². The number of aromatic nitrogens is 3. The lowest BCUT2D eigenvalue weighted by Gasteiger charge is -2.27. The Morgan fingerprint density at radius 1 is 1.26 bits per heavy atom. The molecular weight excluding hydrogens is 364 g/mol. The van der Waals surface area contributed by atoms with Crippen LogP contribution in [0.4, 0.5) is 0 Å². The molecule has 6 nitrogen and oxygen atoms in total. The summed E-state index contributed by atoms with van der Waals surface area (Å²) in [6, 6.07) is 9.27. The number of rotatable bonds is 4. The molecular formula is C20H19ClN4O2. The van der Waals surface area contributed by atoms with Gasteiger partial charge in [-0.3, -0.25) is 14.7 Å². The molecule has 0 saturated heterocycles. The third-order valence-electron chi connectivity index (χ3n) is 4.68. The lowest BCUT2D eigenvalue weighted by Crippen LogP contribution is -2.35. The predicted octanol–water partition coefficient (Wildman–Crippen LogP) is 3.05. The van der Waals surface area contributed by atoms with Gasteiger partial charge in [0.25, 0.3) is 5.56 Å². The first kappa shape index (κ1) is 17.7. The van der Waals surface area contributed by atoms with Crippen LogP contribution in [0.15, 0.2) is 47.5 Å². The minimum absolute atomic E-state index is 0.0848. The van der Waals surface area contributed by atoms with Gasteiger partial charge in [-0.1, -0.05) is 11.6 Å². The molecule has 0 saturated carbocycles. The van der Waals surface area contributed by atoms with Crippen LogP contribution < -0.4 is 10.3 Å². The van der Waals surface area contributed by atoms with Crippen molar-refractivity contribution in [2.24, 2.45) is 0 Å². The standard InChI is InChI=1S/C20H19ClN4O2/c1-27-16-8-13(9-22-10-16)11-25-7-6-18-17(12-25)20(26)24-19(23-18)14-2-4-15(21)5-3-14/h2-5,8-10H,6-7,11-12H2,1H3,(H,23,24,26). The van der Waals surface area contributed by atoms with E-state index >= 15 is 0 Å². The van der Waals surface area contributed by atoms with Gasteiger partial charge in [-0.25, -0.2) is 4.98 Å². The highest BCUT2D eigenvalue weighted by Crippen LogP contribution is 2.22. The van der Waals surface area contributed by atoms with E-state index in [9.17, 15) is 4.79 Å². The van der Waals surface area contributed by atoms with Gasteiger partial charge >= 0.3 is 0 Å². The zero-order valence-electron chi connectivity index (χ0n) is 14.9. The van der Waals surface area contributed by atoms with E-state index < -0.39 is 0 Å². The van der Waals surface area contributed by atoms with Gasteiger partial charge in [-0.2, -0.15) is 0 Å². The molecule has 2 aromatic heterocycles. The van der Waals surface area contributed by atoms with E-state index in [4.69, 9.17) is 16.3 Å². The van der Waals surface area contributed by atoms with Crippen LogP contribution in [0.25, 0.3) is 11.4 Å². The molecule has 1 N–H and O–H groups in total. The molecule has 138 valence electrons. The molecule has 0 amide bonds. The van der Waals surface area contributed by atoms with Crippen molar-refractivity contribution in [1.29, 1.82) is 0 Å². The Hall–Kier alpha value is -2.70. The van der Waals surface area contributed by atoms with Gasteiger partial charge in [-0.05, 0) is 35.9 Å². The highest BCUT2D eigenvalue weighted by atomic mass is 35.5. The number of halogens is 1. The van der Waals surface area contributed by atoms with Crippen LogP contribution in [0.2, 0.25) is 5.02 Å². The smallest absolute Gasteiger partial charge is 0.255 e. The fourth-order valence-electron chi connectivity index (χ4n) is 3.28. The molecule has 1 aliphatic heterocycles. The van der Waals surface area contributed by atoms with Crippen LogP contribution in [-0.2, 0) is 19.5 Å². The van der Waals surface area contributed by atoms with Crippen LogP contribution in [0.3, 0.4) is 0 Å². The summed E-state index contributed by atoms with van der Waals surface area (Å²) in [4.78, 5) is 26.6. The SMILES string of the molecule is COc1cncc(CN2CCc3nc(-c4ccc(Cl)cc4)[nH]c(=O)c3C2)c1. The average molecular weight is 383 g/mol. The average Bonchev–Trinajstić information content (AvgIpc) is 2.69. The first-order valence-corrected chi connectivity index (χ1v) is 9.08. The second kappa shape index (κ2) is 7.50. The van der Waals surface area contributed by atoms with E-state index in [2.05, 4.69) is 19.9 Å². The largest absolute Gasteiger partial charge is 0.495 e. The van der Waals surface area contributed by atoms with Crippen molar-refractivity contribution in [1.82, 2.24) is 19.9 Å². The van der Waals surface area contributed by atoms with Crippen LogP contribution in [0.5, 0.6) is 5.75 Å². The Morgan fingerprint density at radius 2 is 2.07 bits per heavy atom. The van der Waals surface area contributed by atoms with Crippen LogP contribution >= 0.6 is 11.6 Å². The molecule has 0 aliphatic carbocycles. The van der Waals surface area contributed by atoms with Gasteiger partial charge in [0.05, 0.1) is 24.6 Å². The molecule has 0 spiro atoms. The molecule has 1 aliphatic rings. The number of ether oxygens (including phenoxy) is 1. The molecule has 0 bridgehead atoms. The summed E-state index contributed by atoms with van der Waals surface area (Å²) >= 11 is 5.94. The number of nitrogens with zero attached hydrogens (tertiary/aromatic N) is 3. The normalized spacial score (nSPS) is 14.0. The molecule has 7 heteroatoms. The molecule has 0 unspecified atom stereocenters. The predicted molar refractivity (Wildman–Crippen MR) is 104 cm³/mol. The summed E-state index contributed by atoms with van der Waals surface area (Å²) < 4.78 is 5.23. The quantitative estimate of drug-likeness (QED) is 0.750. The summed E-state index contributed by atoms with van der Waals surface area (Å²) in [7, 11) is 1.63. The zero-order chi connectivity index (χ0) is 18.8. The summed E-state index contributed by atoms with van der Waals surface area (Å²) in [6.45, 7) is 2.11. The van der Waals surface area contributed by atoms with Gasteiger partial charge in [0, 0.05) is 42.8 Å². The maximum absolute atomic E-state index is 12.6. The fourth-order valence-corrected chi connectivity index (χ4v) is 3.41. The van der Waals surface area contributed by atoms with E-state index in [1.807, 2.05) is 24.4 Å². The monoisotopic (exact) mass is 382 g/mol. The van der Waals surface area contributed by atoms with Crippen LogP contribution in [-0.4, -0.2) is 33.5 Å². The molecule has 3 aromatic rings. The number of fused-ring (bicyclic) bond motifs is 1. The number of nitrogens with one attached hydrogen (secondary N) is 1. The Balaban J connectivity index is 1.56. The van der Waals surface area contributed by atoms with Gasteiger partial charge in [0.1, 0.15) is 11.6 Å². The highest BCUT2D eigenvalue weighted by Gasteiger charge is 2.21. The summed E-state index contributed by atoms with van der Waals surface area (Å²) in [5.41, 5.74) is 3.42. The first-order chi connectivity index (χ1) is 13.1. The number of methoxy groups -OCH3 is 1. The second-order valence-electron chi connectivity index (χ2n) is 6.54. The van der Waals surface area contributed by atoms with Crippen molar-refractivity contribution < 1.29 is 4.74 Å². The number of hydrogen-bond donors (Lipinski definition) is 1. The van der Waals surface area contributed by atoms with Gasteiger partial charge in [0.2, 0.25) is 0 Å². The maximum atomic E-state index is 12.6. The van der Waals surface area contributed by atoms with Crippen molar-refractivity contribution in [3.8, 4) is 17.1 Å². The van der Waals surface area contributed by atoms with E-state index in [-0.39, 0.29) is 5.56 Å². The molecule has 3 heterocycles. The van der Waals surface area contributed by atoms with E-state index in [1.165, 1.54) is 0 Å². The van der Waals surface area contributed by atoms with Crippen molar-refractivity contribution >= 4 is 11.6 Å². The second-order valence-corrected chi connectivity index (χ2v) is 6.98. The molecule has 27 heavy (non-hydrogen) atoms. The number of hydrogen-bond acceptors (Lipinski definition) is 5. The third kappa shape index (κ3) is 3.86. The zero-order valence-corrected chi connectivity index (χ0v) is 15.7. The number of benzene rings is 1. The van der Waals surface area contributed by atoms with Crippen molar-refractivity contribution in [3.63, 3.8) is 0 Å². The van der Waals surface area contributed by atoms with E-state index in [1.54, 1.807) is 25.4 Å². The first-order valence-electron chi connectivity index (χ1n) is 8.70. The van der Waals surface area contributed by atoms with E-state index in [0.29, 0.717) is 23.9 Å². The minimum Gasteiger partial charge on any atom is -0.495 e. The number of aromatic amines is 1. The minimum atomic E-state index is -0.0848. The molecule has 0 radical (unpaired) electrons. The van der Waals surface area contributed by atoms with Gasteiger partial charge in [-0.15, -0.1) is 0 Å². The number of pyridine rings is 1. The fraction of sp³-hybridized carbons (Fsp3) is 0.250. The highest BCUT2D eigenvalue weighted by molar-refractivity contribution is 6.30. The van der Waals surface area contributed by atoms with Gasteiger partial charge in [0.15, 0.2) is 0 Å². The Labute approximate surface area is 161 Å². The molecule has 0 atom stereocenters. The van der Waals surface area contributed by atoms with E-state index in [0.717, 1.165) is 41.1 Å². The topological polar surface area (TPSA) is 71.1 Å².